The number of nitrogens with one attached hydrogen (secondary N) is 3. The molecule has 586 valence electrons. The molecule has 7 N–H and O–H groups in total. The minimum Gasteiger partial charge on any atom is -0.497 e. The third kappa shape index (κ3) is 18.0. The average Bonchev–Trinajstić information content (AvgIpc) is 1.43. The summed E-state index contributed by atoms with van der Waals surface area (Å²) in [5, 5.41) is 59.6. The second-order valence-corrected chi connectivity index (χ2v) is 31.7. The second kappa shape index (κ2) is 36.5. The third-order valence-corrected chi connectivity index (χ3v) is 24.8. The number of aliphatic hydroxyl groups is 2. The number of hydrogen-bond acceptors (Lipinski definition) is 24. The molecule has 0 saturated heterocycles. The van der Waals surface area contributed by atoms with Crippen molar-refractivity contribution in [2.45, 2.75) is 72.3 Å². The predicted octanol–water partition coefficient (Wildman–Crippen LogP) is 16.4. The van der Waals surface area contributed by atoms with E-state index in [-0.39, 0.29) is 16.9 Å². The first kappa shape index (κ1) is 80.4. The van der Waals surface area contributed by atoms with Crippen molar-refractivity contribution in [3.63, 3.8) is 0 Å². The van der Waals surface area contributed by atoms with Crippen molar-refractivity contribution in [1.29, 1.82) is 5.26 Å². The number of hydrogen-bond donors (Lipinski definition) is 7. The maximum atomic E-state index is 14.7. The molecule has 4 aliphatic heterocycles. The van der Waals surface area contributed by atoms with Crippen LogP contribution in [0.25, 0.3) is 48.0 Å². The van der Waals surface area contributed by atoms with Gasteiger partial charge in [-0.2, -0.15) is 10.2 Å². The Morgan fingerprint density at radius 2 is 1.16 bits per heavy atom. The van der Waals surface area contributed by atoms with Crippen LogP contribution in [0.5, 0.6) is 5.75 Å². The normalized spacial score (nSPS) is 13.1. The van der Waals surface area contributed by atoms with E-state index in [9.17, 15) is 28.8 Å². The number of hydroxylamine groups is 2. The molecular formula is C87H76ClFN14O9S4. The van der Waals surface area contributed by atoms with Crippen LogP contribution in [-0.4, -0.2) is 115 Å². The number of halogens is 2. The summed E-state index contributed by atoms with van der Waals surface area (Å²) in [5.41, 5.74) is 21.0. The Balaban J connectivity index is 0.000000128. The van der Waals surface area contributed by atoms with Crippen molar-refractivity contribution in [2.75, 3.05) is 71.4 Å². The molecule has 8 aromatic carbocycles. The molecule has 0 atom stereocenters. The zero-order valence-corrected chi connectivity index (χ0v) is 67.1. The molecule has 0 bridgehead atoms. The van der Waals surface area contributed by atoms with Crippen molar-refractivity contribution < 1.29 is 48.9 Å². The van der Waals surface area contributed by atoms with Crippen LogP contribution in [0.4, 0.5) is 37.2 Å². The summed E-state index contributed by atoms with van der Waals surface area (Å²) in [6, 6.07) is 51.8. The Kier molecular flexibility index (Phi) is 25.3. The highest BCUT2D eigenvalue weighted by Crippen LogP contribution is 2.42. The van der Waals surface area contributed by atoms with Crippen LogP contribution >= 0.6 is 56.9 Å². The van der Waals surface area contributed by atoms with Crippen molar-refractivity contribution in [1.82, 2.24) is 35.9 Å². The Morgan fingerprint density at radius 1 is 0.603 bits per heavy atom. The molecule has 0 radical (unpaired) electrons. The fraction of sp³-hybridized carbons (Fsp3) is 0.207. The van der Waals surface area contributed by atoms with Gasteiger partial charge in [0.1, 0.15) is 30.6 Å². The molecule has 0 spiro atoms. The number of nitriles is 1. The van der Waals surface area contributed by atoms with Crippen LogP contribution < -0.4 is 40.6 Å². The summed E-state index contributed by atoms with van der Waals surface area (Å²) in [5.74, 6) is -0.549. The van der Waals surface area contributed by atoms with E-state index in [0.717, 1.165) is 126 Å². The summed E-state index contributed by atoms with van der Waals surface area (Å²) in [4.78, 5) is 83.8. The van der Waals surface area contributed by atoms with E-state index in [1.165, 1.54) is 44.3 Å². The number of methoxy groups -OCH3 is 1. The van der Waals surface area contributed by atoms with E-state index in [0.29, 0.717) is 97.4 Å². The molecule has 0 unspecified atom stereocenters. The Hall–Kier alpha value is -12.2. The topological polar surface area (TPSA) is 300 Å². The summed E-state index contributed by atoms with van der Waals surface area (Å²) < 4.78 is 21.1. The van der Waals surface area contributed by atoms with Crippen LogP contribution in [0.2, 0.25) is 5.02 Å². The lowest BCUT2D eigenvalue weighted by atomic mass is 9.93. The summed E-state index contributed by atoms with van der Waals surface area (Å²) in [7, 11) is 1.64. The van der Waals surface area contributed by atoms with Gasteiger partial charge in [0.15, 0.2) is 32.6 Å². The van der Waals surface area contributed by atoms with Gasteiger partial charge in [-0.05, 0) is 174 Å². The van der Waals surface area contributed by atoms with Crippen molar-refractivity contribution >= 4 is 123 Å². The number of carbonyl (C=O) groups is 4. The number of aliphatic hydroxyl groups excluding tert-OH is 2. The number of amides is 2. The number of aryl methyl sites for hydroxylation is 2. The number of nitrogens with zero attached hydrogens (tertiary/aromatic N) is 11. The maximum Gasteiger partial charge on any atom is 0.274 e. The molecule has 5 aromatic heterocycles. The summed E-state index contributed by atoms with van der Waals surface area (Å²) >= 11 is 13.0. The van der Waals surface area contributed by atoms with Crippen molar-refractivity contribution in [2.24, 2.45) is 0 Å². The largest absolute Gasteiger partial charge is 0.497 e. The number of rotatable bonds is 17. The number of fused-ring (bicyclic) bond motifs is 5. The molecule has 23 nitrogen and oxygen atoms in total. The Morgan fingerprint density at radius 3 is 1.78 bits per heavy atom. The molecule has 17 rings (SSSR count). The van der Waals surface area contributed by atoms with Gasteiger partial charge >= 0.3 is 0 Å². The lowest BCUT2D eigenvalue weighted by Crippen LogP contribution is -2.33. The van der Waals surface area contributed by atoms with Gasteiger partial charge in [-0.3, -0.25) is 29.6 Å². The van der Waals surface area contributed by atoms with Crippen LogP contribution in [0.3, 0.4) is 0 Å². The number of aromatic nitrogens is 5. The van der Waals surface area contributed by atoms with E-state index >= 15 is 0 Å². The van der Waals surface area contributed by atoms with E-state index in [1.54, 1.807) is 93.9 Å². The van der Waals surface area contributed by atoms with Gasteiger partial charge in [0.05, 0.1) is 52.8 Å². The van der Waals surface area contributed by atoms with Crippen LogP contribution in [-0.2, 0) is 58.4 Å². The second-order valence-electron chi connectivity index (χ2n) is 27.7. The number of anilines is 5. The number of thiazole rings is 3. The third-order valence-electron chi connectivity index (χ3n) is 20.5. The van der Waals surface area contributed by atoms with Crippen LogP contribution in [0, 0.1) is 37.6 Å². The highest BCUT2D eigenvalue weighted by atomic mass is 35.5. The minimum atomic E-state index is -0.696. The molecule has 0 aliphatic carbocycles. The molecular weight excluding hydrogens is 1570 g/mol. The fourth-order valence-electron chi connectivity index (χ4n) is 14.2. The quantitative estimate of drug-likeness (QED) is 0.0193. The van der Waals surface area contributed by atoms with Crippen molar-refractivity contribution in [3.05, 3.63) is 291 Å². The van der Waals surface area contributed by atoms with Gasteiger partial charge in [0.2, 0.25) is 5.95 Å². The first-order valence-electron chi connectivity index (χ1n) is 37.0. The first-order valence-corrected chi connectivity index (χ1v) is 40.8. The summed E-state index contributed by atoms with van der Waals surface area (Å²) in [6.07, 6.45) is 4.34. The zero-order valence-electron chi connectivity index (χ0n) is 63.1. The fourth-order valence-corrected chi connectivity index (χ4v) is 18.3. The zero-order chi connectivity index (χ0) is 81.1. The number of ketones is 2. The number of thiophene rings is 1. The highest BCUT2D eigenvalue weighted by Gasteiger charge is 2.30. The lowest BCUT2D eigenvalue weighted by molar-refractivity contribution is 0.0702. The first-order chi connectivity index (χ1) is 56.4. The molecule has 0 saturated carbocycles. The van der Waals surface area contributed by atoms with Crippen LogP contribution in [0.15, 0.2) is 180 Å². The molecule has 13 aromatic rings. The molecule has 116 heavy (non-hydrogen) atoms. The molecule has 2 amide bonds. The van der Waals surface area contributed by atoms with Gasteiger partial charge in [-0.1, -0.05) is 102 Å². The van der Waals surface area contributed by atoms with E-state index in [2.05, 4.69) is 114 Å². The van der Waals surface area contributed by atoms with E-state index in [4.69, 9.17) is 58.5 Å². The van der Waals surface area contributed by atoms with Crippen molar-refractivity contribution in [3.8, 4) is 44.9 Å². The number of Topliss-reactive ketones (excluding diaryl/α,β-unsaturated/α-hetero) is 2. The van der Waals surface area contributed by atoms with E-state index in [1.807, 2.05) is 77.0 Å². The number of carbonyl (C=O) groups excluding carboxylic acids is 4. The average molecular weight is 1640 g/mol. The predicted molar refractivity (Wildman–Crippen MR) is 452 cm³/mol. The Labute approximate surface area is 688 Å². The van der Waals surface area contributed by atoms with Gasteiger partial charge in [0.25, 0.3) is 11.8 Å². The van der Waals surface area contributed by atoms with E-state index < -0.39 is 36.6 Å². The van der Waals surface area contributed by atoms with Gasteiger partial charge in [0, 0.05) is 119 Å². The number of benzene rings is 8. The van der Waals surface area contributed by atoms with Gasteiger partial charge in [-0.15, -0.1) is 45.3 Å². The van der Waals surface area contributed by atoms with Gasteiger partial charge < -0.3 is 39.9 Å². The molecule has 29 heteroatoms. The number of ether oxygens (including phenoxy) is 1. The monoisotopic (exact) mass is 1640 g/mol. The molecule has 0 fully saturated rings. The summed E-state index contributed by atoms with van der Waals surface area (Å²) in [6.45, 7) is 16.3. The maximum absolute atomic E-state index is 14.7. The van der Waals surface area contributed by atoms with Gasteiger partial charge in [-0.25, -0.2) is 40.1 Å². The standard InChI is InChI=1S/C23H18N4O2S2.C22H21FN4O2.C21H19ClN2O2S.C21H18N4O3S/c1-13-16-5-3-4-6-20(16)31-21(13)19-12-30-23(25-19)27-8-7-14-9-15(22(28)26-29)10-18(24-2)17(14)11-27;23-21-17-9-11-27(13-16(17)6-7-18(21)19(29)14-28)22-24-10-8-20(26-22)25-12-15-4-2-1-3-5-15;1-13-2-4-14(5-3-13)19-12-27-21(23-19)24-7-6-15-8-16(20(26)11-25)9-18(22)17(15)10-24;1-28-17-4-2-13(3-5-17)19-12-29-21(23-19)25-7-6-14-8-15(20(26)24-27)9-16(10-22)18(14)11-25/h3-6,9-10,12,29H,7-8,11H2,1H3,(H,26,28);1-8,10,28H,9,11-14H2,(H,24,25,26);2-5,8-9,12,25H,6-7,10-11H2,1H3;2-5,8-9,12,27H,6-7,11H2,1H3,(H,24,26). The minimum absolute atomic E-state index is 0.0527. The SMILES string of the molecule is COc1ccc(-c2csc(N3CCc4cc(C(=O)NO)cc(C#N)c4C3)n2)cc1.Cc1ccc(-c2csc(N3CCc4cc(C(=O)CO)cc(Cl)c4C3)n2)cc1.O=C(CO)c1ccc2c(c1F)CCN(c1nccc(NCc3ccccc3)n1)C2.[C-]#[N+]c1cc(C(=O)NO)cc2c1CN(c1nc(-c3sc4ccccc4c3C)cs1)CC2. The molecule has 4 aliphatic rings. The smallest absolute Gasteiger partial charge is 0.274 e. The van der Waals surface area contributed by atoms with Crippen LogP contribution in [0.1, 0.15) is 108 Å². The molecule has 9 heterocycles. The highest BCUT2D eigenvalue weighted by molar-refractivity contribution is 7.23. The Bertz CT molecular complexity index is 5930. The lowest BCUT2D eigenvalue weighted by Gasteiger charge is -2.29.